The van der Waals surface area contributed by atoms with Gasteiger partial charge in [-0.1, -0.05) is 0 Å². The molecule has 0 spiro atoms. The van der Waals surface area contributed by atoms with Crippen molar-refractivity contribution >= 4 is 0 Å². The van der Waals surface area contributed by atoms with Crippen LogP contribution in [0.2, 0.25) is 0 Å². The van der Waals surface area contributed by atoms with Crippen molar-refractivity contribution in [2.24, 2.45) is 0 Å². The van der Waals surface area contributed by atoms with Crippen molar-refractivity contribution in [2.75, 3.05) is 7.11 Å². The summed E-state index contributed by atoms with van der Waals surface area (Å²) in [5.41, 5.74) is 0.269. The first-order chi connectivity index (χ1) is 12.0. The standard InChI is InChI=1S/C18H12F3N3O/c1-25-14-8-2-11(3-9-14)17-15(10-22)16(18(20)21)23-24(17)13-6-4-12(19)5-7-13/h2-9,18H,1H3. The molecule has 0 unspecified atom stereocenters. The lowest BCUT2D eigenvalue weighted by atomic mass is 10.1. The average molecular weight is 343 g/mol. The highest BCUT2D eigenvalue weighted by molar-refractivity contribution is 5.71. The maximum absolute atomic E-state index is 13.3. The van der Waals surface area contributed by atoms with Crippen LogP contribution in [0.3, 0.4) is 0 Å². The Hall–Kier alpha value is -3.27. The van der Waals surface area contributed by atoms with Crippen molar-refractivity contribution in [3.63, 3.8) is 0 Å². The minimum Gasteiger partial charge on any atom is -0.497 e. The van der Waals surface area contributed by atoms with Crippen LogP contribution in [0, 0.1) is 17.1 Å². The fraction of sp³-hybridized carbons (Fsp3) is 0.111. The molecule has 0 saturated heterocycles. The molecule has 0 aliphatic rings. The highest BCUT2D eigenvalue weighted by Gasteiger charge is 2.25. The van der Waals surface area contributed by atoms with Crippen molar-refractivity contribution in [2.45, 2.75) is 6.43 Å². The maximum atomic E-state index is 13.3. The number of nitrogens with zero attached hydrogens (tertiary/aromatic N) is 3. The topological polar surface area (TPSA) is 50.8 Å². The number of ether oxygens (including phenoxy) is 1. The molecule has 3 rings (SSSR count). The molecule has 25 heavy (non-hydrogen) atoms. The molecule has 0 radical (unpaired) electrons. The first kappa shape index (κ1) is 16.6. The van der Waals surface area contributed by atoms with Gasteiger partial charge in [0.15, 0.2) is 0 Å². The van der Waals surface area contributed by atoms with E-state index in [-0.39, 0.29) is 11.3 Å². The van der Waals surface area contributed by atoms with Crippen LogP contribution in [-0.4, -0.2) is 16.9 Å². The van der Waals surface area contributed by atoms with E-state index in [1.165, 1.54) is 36.1 Å². The predicted octanol–water partition coefficient (Wildman–Crippen LogP) is 4.50. The number of methoxy groups -OCH3 is 1. The number of halogens is 3. The summed E-state index contributed by atoms with van der Waals surface area (Å²) in [4.78, 5) is 0. The van der Waals surface area contributed by atoms with E-state index in [9.17, 15) is 18.4 Å². The third-order valence-electron chi connectivity index (χ3n) is 3.67. The fourth-order valence-corrected chi connectivity index (χ4v) is 2.48. The van der Waals surface area contributed by atoms with Gasteiger partial charge in [-0.15, -0.1) is 0 Å². The minimum absolute atomic E-state index is 0.215. The lowest BCUT2D eigenvalue weighted by Gasteiger charge is -2.09. The molecule has 7 heteroatoms. The Morgan fingerprint density at radius 3 is 2.24 bits per heavy atom. The van der Waals surface area contributed by atoms with Crippen molar-refractivity contribution in [1.29, 1.82) is 5.26 Å². The lowest BCUT2D eigenvalue weighted by molar-refractivity contribution is 0.145. The highest BCUT2D eigenvalue weighted by atomic mass is 19.3. The number of rotatable bonds is 4. The molecule has 0 N–H and O–H groups in total. The first-order valence-corrected chi connectivity index (χ1v) is 7.26. The molecule has 1 heterocycles. The summed E-state index contributed by atoms with van der Waals surface area (Å²) in [6, 6.07) is 13.6. The molecule has 2 aromatic carbocycles. The highest BCUT2D eigenvalue weighted by Crippen LogP contribution is 2.33. The number of nitriles is 1. The number of hydrogen-bond acceptors (Lipinski definition) is 3. The molecule has 0 atom stereocenters. The van der Waals surface area contributed by atoms with E-state index in [4.69, 9.17) is 4.74 Å². The second-order valence-electron chi connectivity index (χ2n) is 5.14. The third kappa shape index (κ3) is 3.06. The van der Waals surface area contributed by atoms with Gasteiger partial charge in [-0.25, -0.2) is 17.9 Å². The van der Waals surface area contributed by atoms with Gasteiger partial charge in [0.25, 0.3) is 6.43 Å². The SMILES string of the molecule is COc1ccc(-c2c(C#N)c(C(F)F)nn2-c2ccc(F)cc2)cc1. The van der Waals surface area contributed by atoms with Crippen molar-refractivity contribution in [3.05, 3.63) is 65.6 Å². The minimum atomic E-state index is -2.91. The summed E-state index contributed by atoms with van der Waals surface area (Å²) < 4.78 is 46.1. The Labute approximate surface area is 141 Å². The Morgan fingerprint density at radius 2 is 1.72 bits per heavy atom. The van der Waals surface area contributed by atoms with Gasteiger partial charge in [0.05, 0.1) is 18.5 Å². The molecule has 0 aliphatic heterocycles. The zero-order chi connectivity index (χ0) is 18.0. The van der Waals surface area contributed by atoms with E-state index in [1.807, 2.05) is 0 Å². The van der Waals surface area contributed by atoms with Crippen LogP contribution in [0.5, 0.6) is 5.75 Å². The van der Waals surface area contributed by atoms with Gasteiger partial charge in [-0.05, 0) is 48.5 Å². The largest absolute Gasteiger partial charge is 0.497 e. The van der Waals surface area contributed by atoms with E-state index in [2.05, 4.69) is 5.10 Å². The van der Waals surface area contributed by atoms with E-state index >= 15 is 0 Å². The zero-order valence-electron chi connectivity index (χ0n) is 13.1. The molecule has 0 bridgehead atoms. The van der Waals surface area contributed by atoms with Gasteiger partial charge in [0.2, 0.25) is 0 Å². The predicted molar refractivity (Wildman–Crippen MR) is 85.2 cm³/mol. The summed E-state index contributed by atoms with van der Waals surface area (Å²) in [5, 5.41) is 13.3. The quantitative estimate of drug-likeness (QED) is 0.701. The van der Waals surface area contributed by atoms with Crippen LogP contribution in [0.4, 0.5) is 13.2 Å². The molecule has 0 aliphatic carbocycles. The number of hydrogen-bond donors (Lipinski definition) is 0. The fourth-order valence-electron chi connectivity index (χ4n) is 2.48. The molecule has 0 saturated carbocycles. The smallest absolute Gasteiger partial charge is 0.283 e. The first-order valence-electron chi connectivity index (χ1n) is 7.26. The van der Waals surface area contributed by atoms with Gasteiger partial charge >= 0.3 is 0 Å². The molecule has 126 valence electrons. The van der Waals surface area contributed by atoms with E-state index in [0.29, 0.717) is 17.0 Å². The van der Waals surface area contributed by atoms with E-state index in [1.54, 1.807) is 30.3 Å². The summed E-state index contributed by atoms with van der Waals surface area (Å²) in [7, 11) is 1.51. The van der Waals surface area contributed by atoms with Gasteiger partial charge in [-0.3, -0.25) is 0 Å². The van der Waals surface area contributed by atoms with Crippen LogP contribution in [-0.2, 0) is 0 Å². The molecule has 3 aromatic rings. The Balaban J connectivity index is 2.26. The Bertz CT molecular complexity index is 926. The number of aromatic nitrogens is 2. The monoisotopic (exact) mass is 343 g/mol. The van der Waals surface area contributed by atoms with Crippen LogP contribution >= 0.6 is 0 Å². The van der Waals surface area contributed by atoms with E-state index < -0.39 is 17.9 Å². The van der Waals surface area contributed by atoms with Crippen LogP contribution in [0.15, 0.2) is 48.5 Å². The molecular weight excluding hydrogens is 331 g/mol. The van der Waals surface area contributed by atoms with Crippen molar-refractivity contribution < 1.29 is 17.9 Å². The summed E-state index contributed by atoms with van der Waals surface area (Å²) in [6.07, 6.45) is -2.91. The summed E-state index contributed by atoms with van der Waals surface area (Å²) in [6.45, 7) is 0. The van der Waals surface area contributed by atoms with Crippen LogP contribution in [0.25, 0.3) is 16.9 Å². The van der Waals surface area contributed by atoms with Gasteiger partial charge in [0.1, 0.15) is 28.9 Å². The average Bonchev–Trinajstić information content (AvgIpc) is 3.02. The van der Waals surface area contributed by atoms with Crippen molar-refractivity contribution in [3.8, 4) is 28.8 Å². The number of alkyl halides is 2. The van der Waals surface area contributed by atoms with Crippen molar-refractivity contribution in [1.82, 2.24) is 9.78 Å². The van der Waals surface area contributed by atoms with Crippen LogP contribution in [0.1, 0.15) is 17.7 Å². The van der Waals surface area contributed by atoms with Gasteiger partial charge in [0, 0.05) is 5.56 Å². The lowest BCUT2D eigenvalue weighted by Crippen LogP contribution is -2.00. The second-order valence-corrected chi connectivity index (χ2v) is 5.14. The molecular formula is C18H12F3N3O. The Kier molecular flexibility index (Phi) is 4.44. The van der Waals surface area contributed by atoms with Gasteiger partial charge < -0.3 is 4.74 Å². The molecule has 0 amide bonds. The molecule has 1 aromatic heterocycles. The second kappa shape index (κ2) is 6.69. The van der Waals surface area contributed by atoms with Gasteiger partial charge in [-0.2, -0.15) is 10.4 Å². The Morgan fingerprint density at radius 1 is 1.08 bits per heavy atom. The normalized spacial score (nSPS) is 10.7. The summed E-state index contributed by atoms with van der Waals surface area (Å²) >= 11 is 0. The summed E-state index contributed by atoms with van der Waals surface area (Å²) in [5.74, 6) is 0.126. The third-order valence-corrected chi connectivity index (χ3v) is 3.67. The maximum Gasteiger partial charge on any atom is 0.283 e. The van der Waals surface area contributed by atoms with E-state index in [0.717, 1.165) is 0 Å². The molecule has 0 fully saturated rings. The molecule has 4 nitrogen and oxygen atoms in total. The number of benzene rings is 2. The zero-order valence-corrected chi connectivity index (χ0v) is 13.1. The van der Waals surface area contributed by atoms with Crippen LogP contribution < -0.4 is 4.74 Å².